The van der Waals surface area contributed by atoms with E-state index in [1.54, 1.807) is 0 Å². The summed E-state index contributed by atoms with van der Waals surface area (Å²) in [7, 11) is 0. The molecular formula is C18H20N2O. The molecule has 0 spiro atoms. The van der Waals surface area contributed by atoms with E-state index in [9.17, 15) is 4.79 Å². The van der Waals surface area contributed by atoms with E-state index in [1.165, 1.54) is 5.56 Å². The van der Waals surface area contributed by atoms with Crippen molar-refractivity contribution in [2.45, 2.75) is 31.3 Å². The second-order valence-corrected chi connectivity index (χ2v) is 5.52. The number of piperidine rings is 1. The number of para-hydroxylation sites is 1. The third kappa shape index (κ3) is 2.77. The zero-order chi connectivity index (χ0) is 14.7. The topological polar surface area (TPSA) is 46.3 Å². The number of hydrogen-bond donors (Lipinski definition) is 1. The van der Waals surface area contributed by atoms with Crippen molar-refractivity contribution >= 4 is 11.6 Å². The number of benzene rings is 2. The summed E-state index contributed by atoms with van der Waals surface area (Å²) >= 11 is 0. The Morgan fingerprint density at radius 1 is 0.952 bits per heavy atom. The summed E-state index contributed by atoms with van der Waals surface area (Å²) in [6.45, 7) is 0. The van der Waals surface area contributed by atoms with Gasteiger partial charge in [0.1, 0.15) is 6.04 Å². The highest BCUT2D eigenvalue weighted by Crippen LogP contribution is 2.38. The number of carbonyl (C=O) groups excluding carboxylic acids is 1. The maximum atomic E-state index is 11.9. The molecule has 3 heteroatoms. The van der Waals surface area contributed by atoms with Crippen LogP contribution in [-0.2, 0) is 4.79 Å². The number of primary amides is 1. The summed E-state index contributed by atoms with van der Waals surface area (Å²) in [5.74, 6) is -0.237. The summed E-state index contributed by atoms with van der Waals surface area (Å²) < 4.78 is 0. The van der Waals surface area contributed by atoms with Gasteiger partial charge in [-0.25, -0.2) is 0 Å². The SMILES string of the molecule is NC(=O)C1CCCC(c2ccccc2)N1c1ccccc1. The molecule has 2 aromatic rings. The predicted molar refractivity (Wildman–Crippen MR) is 84.9 cm³/mol. The molecule has 0 aliphatic carbocycles. The molecule has 1 aliphatic rings. The molecule has 108 valence electrons. The Kier molecular flexibility index (Phi) is 3.91. The van der Waals surface area contributed by atoms with Gasteiger partial charge in [0.15, 0.2) is 0 Å². The zero-order valence-electron chi connectivity index (χ0n) is 12.0. The van der Waals surface area contributed by atoms with Crippen molar-refractivity contribution in [3.8, 4) is 0 Å². The van der Waals surface area contributed by atoms with E-state index in [0.29, 0.717) is 0 Å². The third-order valence-corrected chi connectivity index (χ3v) is 4.19. The van der Waals surface area contributed by atoms with Gasteiger partial charge in [0.25, 0.3) is 0 Å². The number of carbonyl (C=O) groups is 1. The Hall–Kier alpha value is -2.29. The Morgan fingerprint density at radius 2 is 1.57 bits per heavy atom. The van der Waals surface area contributed by atoms with Crippen LogP contribution >= 0.6 is 0 Å². The lowest BCUT2D eigenvalue weighted by Gasteiger charge is -2.42. The Labute approximate surface area is 125 Å². The second kappa shape index (κ2) is 6.00. The lowest BCUT2D eigenvalue weighted by atomic mass is 9.90. The van der Waals surface area contributed by atoms with Crippen LogP contribution in [0.25, 0.3) is 0 Å². The van der Waals surface area contributed by atoms with Gasteiger partial charge in [0, 0.05) is 5.69 Å². The summed E-state index contributed by atoms with van der Waals surface area (Å²) in [5.41, 5.74) is 7.96. The normalized spacial score (nSPS) is 22.0. The number of rotatable bonds is 3. The van der Waals surface area contributed by atoms with Gasteiger partial charge in [-0.15, -0.1) is 0 Å². The molecule has 1 heterocycles. The zero-order valence-corrected chi connectivity index (χ0v) is 12.0. The Morgan fingerprint density at radius 3 is 2.19 bits per heavy atom. The molecule has 2 aromatic carbocycles. The van der Waals surface area contributed by atoms with Crippen LogP contribution in [0.4, 0.5) is 5.69 Å². The molecule has 0 saturated carbocycles. The first-order valence-corrected chi connectivity index (χ1v) is 7.45. The molecule has 3 rings (SSSR count). The Balaban J connectivity index is 2.02. The van der Waals surface area contributed by atoms with Gasteiger partial charge >= 0.3 is 0 Å². The molecule has 1 amide bonds. The van der Waals surface area contributed by atoms with Gasteiger partial charge in [-0.1, -0.05) is 48.5 Å². The van der Waals surface area contributed by atoms with Gasteiger partial charge in [-0.05, 0) is 37.0 Å². The maximum Gasteiger partial charge on any atom is 0.240 e. The van der Waals surface area contributed by atoms with Gasteiger partial charge in [-0.3, -0.25) is 4.79 Å². The van der Waals surface area contributed by atoms with Crippen LogP contribution in [-0.4, -0.2) is 11.9 Å². The smallest absolute Gasteiger partial charge is 0.240 e. The fourth-order valence-corrected chi connectivity index (χ4v) is 3.24. The number of amides is 1. The highest BCUT2D eigenvalue weighted by Gasteiger charge is 2.34. The lowest BCUT2D eigenvalue weighted by molar-refractivity contribution is -0.119. The molecule has 1 fully saturated rings. The average Bonchev–Trinajstić information content (AvgIpc) is 2.55. The molecule has 2 atom stereocenters. The van der Waals surface area contributed by atoms with Crippen LogP contribution in [0.2, 0.25) is 0 Å². The fraction of sp³-hybridized carbons (Fsp3) is 0.278. The number of nitrogens with zero attached hydrogens (tertiary/aromatic N) is 1. The van der Waals surface area contributed by atoms with Crippen molar-refractivity contribution in [2.24, 2.45) is 5.73 Å². The molecule has 2 N–H and O–H groups in total. The van der Waals surface area contributed by atoms with E-state index in [1.807, 2.05) is 36.4 Å². The first-order valence-electron chi connectivity index (χ1n) is 7.45. The largest absolute Gasteiger partial charge is 0.368 e. The molecule has 1 aliphatic heterocycles. The summed E-state index contributed by atoms with van der Waals surface area (Å²) in [4.78, 5) is 14.1. The molecule has 1 saturated heterocycles. The van der Waals surface area contributed by atoms with Crippen molar-refractivity contribution in [1.82, 2.24) is 0 Å². The van der Waals surface area contributed by atoms with E-state index < -0.39 is 0 Å². The molecule has 21 heavy (non-hydrogen) atoms. The summed E-state index contributed by atoms with van der Waals surface area (Å²) in [6.07, 6.45) is 2.90. The van der Waals surface area contributed by atoms with Crippen LogP contribution in [0.15, 0.2) is 60.7 Å². The number of anilines is 1. The first-order chi connectivity index (χ1) is 10.3. The van der Waals surface area contributed by atoms with Crippen LogP contribution in [0, 0.1) is 0 Å². The molecule has 0 aromatic heterocycles. The molecular weight excluding hydrogens is 260 g/mol. The van der Waals surface area contributed by atoms with Crippen LogP contribution in [0.1, 0.15) is 30.9 Å². The third-order valence-electron chi connectivity index (χ3n) is 4.19. The summed E-state index contributed by atoms with van der Waals surface area (Å²) in [6, 6.07) is 20.5. The van der Waals surface area contributed by atoms with E-state index >= 15 is 0 Å². The minimum absolute atomic E-state index is 0.208. The van der Waals surface area contributed by atoms with Crippen LogP contribution in [0.3, 0.4) is 0 Å². The Bertz CT molecular complexity index is 597. The average molecular weight is 280 g/mol. The monoisotopic (exact) mass is 280 g/mol. The second-order valence-electron chi connectivity index (χ2n) is 5.52. The maximum absolute atomic E-state index is 11.9. The van der Waals surface area contributed by atoms with Crippen molar-refractivity contribution in [3.63, 3.8) is 0 Å². The quantitative estimate of drug-likeness (QED) is 0.938. The fourth-order valence-electron chi connectivity index (χ4n) is 3.24. The lowest BCUT2D eigenvalue weighted by Crippen LogP contribution is -2.49. The first kappa shape index (κ1) is 13.7. The predicted octanol–water partition coefficient (Wildman–Crippen LogP) is 3.27. The highest BCUT2D eigenvalue weighted by atomic mass is 16.1. The minimum Gasteiger partial charge on any atom is -0.368 e. The van der Waals surface area contributed by atoms with Crippen molar-refractivity contribution < 1.29 is 4.79 Å². The van der Waals surface area contributed by atoms with Gasteiger partial charge < -0.3 is 10.6 Å². The minimum atomic E-state index is -0.237. The van der Waals surface area contributed by atoms with E-state index in [-0.39, 0.29) is 18.0 Å². The van der Waals surface area contributed by atoms with E-state index in [0.717, 1.165) is 24.9 Å². The van der Waals surface area contributed by atoms with Crippen molar-refractivity contribution in [1.29, 1.82) is 0 Å². The molecule has 0 bridgehead atoms. The number of hydrogen-bond acceptors (Lipinski definition) is 2. The van der Waals surface area contributed by atoms with Gasteiger partial charge in [0.2, 0.25) is 5.91 Å². The standard InChI is InChI=1S/C18H20N2O/c19-18(21)17-13-7-12-16(14-8-3-1-4-9-14)20(17)15-10-5-2-6-11-15/h1-6,8-11,16-17H,7,12-13H2,(H2,19,21). The highest BCUT2D eigenvalue weighted by molar-refractivity contribution is 5.84. The van der Waals surface area contributed by atoms with E-state index in [4.69, 9.17) is 5.73 Å². The molecule has 2 unspecified atom stereocenters. The molecule has 3 nitrogen and oxygen atoms in total. The van der Waals surface area contributed by atoms with E-state index in [2.05, 4.69) is 29.2 Å². The van der Waals surface area contributed by atoms with Gasteiger partial charge in [-0.2, -0.15) is 0 Å². The van der Waals surface area contributed by atoms with Gasteiger partial charge in [0.05, 0.1) is 6.04 Å². The number of nitrogens with two attached hydrogens (primary N) is 1. The summed E-state index contributed by atoms with van der Waals surface area (Å²) in [5, 5.41) is 0. The van der Waals surface area contributed by atoms with Crippen molar-refractivity contribution in [2.75, 3.05) is 4.90 Å². The van der Waals surface area contributed by atoms with Crippen LogP contribution in [0.5, 0.6) is 0 Å². The molecule has 0 radical (unpaired) electrons. The van der Waals surface area contributed by atoms with Crippen LogP contribution < -0.4 is 10.6 Å². The van der Waals surface area contributed by atoms with Crippen molar-refractivity contribution in [3.05, 3.63) is 66.2 Å².